The minimum absolute atomic E-state index is 0.102. The number of amides is 1. The van der Waals surface area contributed by atoms with Crippen molar-refractivity contribution in [1.82, 2.24) is 0 Å². The molecule has 5 heteroatoms. The predicted octanol–water partition coefficient (Wildman–Crippen LogP) is 3.32. The van der Waals surface area contributed by atoms with Crippen LogP contribution in [-0.2, 0) is 11.2 Å². The molecule has 1 rings (SSSR count). The first-order valence-electron chi connectivity index (χ1n) is 7.14. The molecule has 3 N–H and O–H groups in total. The van der Waals surface area contributed by atoms with E-state index in [9.17, 15) is 4.79 Å². The average Bonchev–Trinajstić information content (AvgIpc) is 2.35. The number of nitrogens with one attached hydrogen (secondary N) is 1. The number of methoxy groups -OCH3 is 1. The molecule has 1 atom stereocenters. The van der Waals surface area contributed by atoms with Gasteiger partial charge in [-0.15, -0.1) is 0 Å². The fraction of sp³-hybridized carbons (Fsp3) is 0.562. The van der Waals surface area contributed by atoms with E-state index in [0.717, 1.165) is 29.8 Å². The van der Waals surface area contributed by atoms with E-state index >= 15 is 0 Å². The second-order valence-corrected chi connectivity index (χ2v) is 6.17. The number of rotatable bonds is 5. The van der Waals surface area contributed by atoms with Gasteiger partial charge >= 0.3 is 6.09 Å². The Morgan fingerprint density at radius 3 is 2.57 bits per heavy atom. The maximum Gasteiger partial charge on any atom is 0.412 e. The number of anilines is 1. The van der Waals surface area contributed by atoms with Gasteiger partial charge < -0.3 is 15.2 Å². The van der Waals surface area contributed by atoms with Crippen LogP contribution >= 0.6 is 0 Å². The molecular weight excluding hydrogens is 268 g/mol. The molecule has 0 saturated carbocycles. The van der Waals surface area contributed by atoms with Crippen LogP contribution in [0.15, 0.2) is 18.2 Å². The van der Waals surface area contributed by atoms with Crippen LogP contribution in [-0.4, -0.2) is 24.8 Å². The molecule has 0 radical (unpaired) electrons. The van der Waals surface area contributed by atoms with Gasteiger partial charge in [0.25, 0.3) is 0 Å². The molecule has 0 heterocycles. The highest BCUT2D eigenvalue weighted by molar-refractivity contribution is 5.86. The van der Waals surface area contributed by atoms with Gasteiger partial charge in [-0.2, -0.15) is 0 Å². The maximum atomic E-state index is 11.9. The third-order valence-electron chi connectivity index (χ3n) is 2.82. The first-order valence-corrected chi connectivity index (χ1v) is 7.14. The van der Waals surface area contributed by atoms with Crippen LogP contribution in [0.3, 0.4) is 0 Å². The van der Waals surface area contributed by atoms with Gasteiger partial charge in [0.05, 0.1) is 7.11 Å². The fourth-order valence-corrected chi connectivity index (χ4v) is 1.82. The molecule has 0 saturated heterocycles. The summed E-state index contributed by atoms with van der Waals surface area (Å²) in [5.74, 6) is 0.754. The molecule has 0 spiro atoms. The Balaban J connectivity index is 2.86. The zero-order chi connectivity index (χ0) is 16.0. The molecule has 21 heavy (non-hydrogen) atoms. The van der Waals surface area contributed by atoms with E-state index in [1.807, 2.05) is 45.9 Å². The summed E-state index contributed by atoms with van der Waals surface area (Å²) >= 11 is 0. The Morgan fingerprint density at radius 2 is 2.05 bits per heavy atom. The standard InChI is InChI=1S/C16H26N2O3/c1-11(17)6-7-12-10-13(20-5)8-9-14(12)18-15(19)21-16(2,3)4/h8-11H,6-7,17H2,1-5H3,(H,18,19)/t11-/m1/s1. The largest absolute Gasteiger partial charge is 0.497 e. The fourth-order valence-electron chi connectivity index (χ4n) is 1.82. The van der Waals surface area contributed by atoms with Gasteiger partial charge in [-0.3, -0.25) is 5.32 Å². The van der Waals surface area contributed by atoms with Crippen LogP contribution in [0.1, 0.15) is 39.7 Å². The van der Waals surface area contributed by atoms with Crippen molar-refractivity contribution in [2.45, 2.75) is 52.2 Å². The molecule has 1 aromatic carbocycles. The molecule has 1 aromatic rings. The number of hydrogen-bond donors (Lipinski definition) is 2. The van der Waals surface area contributed by atoms with Crippen molar-refractivity contribution in [1.29, 1.82) is 0 Å². The molecule has 118 valence electrons. The van der Waals surface area contributed by atoms with Crippen molar-refractivity contribution in [2.24, 2.45) is 5.73 Å². The number of aryl methyl sites for hydroxylation is 1. The van der Waals surface area contributed by atoms with E-state index in [1.165, 1.54) is 0 Å². The van der Waals surface area contributed by atoms with Crippen LogP contribution in [0.5, 0.6) is 5.75 Å². The Labute approximate surface area is 126 Å². The van der Waals surface area contributed by atoms with E-state index in [2.05, 4.69) is 5.32 Å². The highest BCUT2D eigenvalue weighted by atomic mass is 16.6. The molecule has 0 aliphatic carbocycles. The summed E-state index contributed by atoms with van der Waals surface area (Å²) in [5.41, 5.74) is 6.99. The van der Waals surface area contributed by atoms with E-state index in [1.54, 1.807) is 7.11 Å². The van der Waals surface area contributed by atoms with Gasteiger partial charge in [-0.25, -0.2) is 4.79 Å². The van der Waals surface area contributed by atoms with Gasteiger partial charge in [-0.1, -0.05) is 0 Å². The van der Waals surface area contributed by atoms with E-state index in [0.29, 0.717) is 0 Å². The molecular formula is C16H26N2O3. The van der Waals surface area contributed by atoms with Crippen molar-refractivity contribution in [2.75, 3.05) is 12.4 Å². The lowest BCUT2D eigenvalue weighted by Crippen LogP contribution is -2.27. The minimum Gasteiger partial charge on any atom is -0.497 e. The molecule has 0 unspecified atom stereocenters. The van der Waals surface area contributed by atoms with Gasteiger partial charge in [0.1, 0.15) is 11.4 Å². The van der Waals surface area contributed by atoms with Crippen molar-refractivity contribution in [3.05, 3.63) is 23.8 Å². The number of carbonyl (C=O) groups is 1. The van der Waals surface area contributed by atoms with E-state index in [-0.39, 0.29) is 6.04 Å². The number of carbonyl (C=O) groups excluding carboxylic acids is 1. The van der Waals surface area contributed by atoms with Crippen molar-refractivity contribution >= 4 is 11.8 Å². The summed E-state index contributed by atoms with van der Waals surface area (Å²) < 4.78 is 10.5. The van der Waals surface area contributed by atoms with Crippen molar-refractivity contribution in [3.63, 3.8) is 0 Å². The van der Waals surface area contributed by atoms with Crippen LogP contribution in [0.2, 0.25) is 0 Å². The topological polar surface area (TPSA) is 73.6 Å². The highest BCUT2D eigenvalue weighted by Crippen LogP contribution is 2.24. The van der Waals surface area contributed by atoms with Crippen LogP contribution < -0.4 is 15.8 Å². The van der Waals surface area contributed by atoms with Gasteiger partial charge in [-0.05, 0) is 64.3 Å². The Kier molecular flexibility index (Phi) is 6.03. The normalized spacial score (nSPS) is 12.7. The minimum atomic E-state index is -0.525. The summed E-state index contributed by atoms with van der Waals surface area (Å²) in [6, 6.07) is 5.64. The second-order valence-electron chi connectivity index (χ2n) is 6.17. The van der Waals surface area contributed by atoms with Gasteiger partial charge in [0.2, 0.25) is 0 Å². The first kappa shape index (κ1) is 17.3. The van der Waals surface area contributed by atoms with Gasteiger partial charge in [0, 0.05) is 11.7 Å². The zero-order valence-corrected chi connectivity index (χ0v) is 13.5. The average molecular weight is 294 g/mol. The van der Waals surface area contributed by atoms with Crippen LogP contribution in [0.4, 0.5) is 10.5 Å². The summed E-state index contributed by atoms with van der Waals surface area (Å²) in [7, 11) is 1.62. The third kappa shape index (κ3) is 6.49. The van der Waals surface area contributed by atoms with Crippen molar-refractivity contribution in [3.8, 4) is 5.75 Å². The summed E-state index contributed by atoms with van der Waals surface area (Å²) in [4.78, 5) is 11.9. The Hall–Kier alpha value is -1.75. The zero-order valence-electron chi connectivity index (χ0n) is 13.5. The second kappa shape index (κ2) is 7.31. The molecule has 5 nitrogen and oxygen atoms in total. The quantitative estimate of drug-likeness (QED) is 0.873. The number of benzene rings is 1. The number of nitrogens with two attached hydrogens (primary N) is 1. The predicted molar refractivity (Wildman–Crippen MR) is 84.8 cm³/mol. The lowest BCUT2D eigenvalue weighted by atomic mass is 10.0. The van der Waals surface area contributed by atoms with Crippen LogP contribution in [0, 0.1) is 0 Å². The summed E-state index contributed by atoms with van der Waals surface area (Å²) in [6.45, 7) is 7.45. The van der Waals surface area contributed by atoms with E-state index in [4.69, 9.17) is 15.2 Å². The molecule has 0 fully saturated rings. The lowest BCUT2D eigenvalue weighted by Gasteiger charge is -2.21. The summed E-state index contributed by atoms with van der Waals surface area (Å²) in [6.07, 6.45) is 1.13. The summed E-state index contributed by atoms with van der Waals surface area (Å²) in [5, 5.41) is 2.78. The Bertz CT molecular complexity index is 479. The van der Waals surface area contributed by atoms with Crippen molar-refractivity contribution < 1.29 is 14.3 Å². The maximum absolute atomic E-state index is 11.9. The smallest absolute Gasteiger partial charge is 0.412 e. The monoisotopic (exact) mass is 294 g/mol. The third-order valence-corrected chi connectivity index (χ3v) is 2.82. The molecule has 0 aromatic heterocycles. The first-order chi connectivity index (χ1) is 9.71. The lowest BCUT2D eigenvalue weighted by molar-refractivity contribution is 0.0636. The SMILES string of the molecule is COc1ccc(NC(=O)OC(C)(C)C)c(CC[C@@H](C)N)c1. The van der Waals surface area contributed by atoms with E-state index < -0.39 is 11.7 Å². The number of hydrogen-bond acceptors (Lipinski definition) is 4. The Morgan fingerprint density at radius 1 is 1.38 bits per heavy atom. The van der Waals surface area contributed by atoms with Crippen LogP contribution in [0.25, 0.3) is 0 Å². The molecule has 0 bridgehead atoms. The highest BCUT2D eigenvalue weighted by Gasteiger charge is 2.17. The number of ether oxygens (including phenoxy) is 2. The molecule has 0 aliphatic rings. The molecule has 1 amide bonds. The molecule has 0 aliphatic heterocycles. The van der Waals surface area contributed by atoms with Gasteiger partial charge in [0.15, 0.2) is 0 Å².